The van der Waals surface area contributed by atoms with Crippen LogP contribution in [0.1, 0.15) is 32.3 Å². The predicted octanol–water partition coefficient (Wildman–Crippen LogP) is 1.80. The van der Waals surface area contributed by atoms with Gasteiger partial charge in [-0.2, -0.15) is 0 Å². The second-order valence-electron chi connectivity index (χ2n) is 8.32. The SMILES string of the molecule is CCNC(=NCc1ccc(S(C)(=O)=O)cc1)N1CCN(C(C)C(=O)N2CCCC2)CC1.I. The number of nitrogens with zero attached hydrogens (tertiary/aromatic N) is 4. The van der Waals surface area contributed by atoms with Crippen LogP contribution in [0.4, 0.5) is 0 Å². The number of guanidine groups is 1. The van der Waals surface area contributed by atoms with Crippen molar-refractivity contribution in [1.29, 1.82) is 0 Å². The summed E-state index contributed by atoms with van der Waals surface area (Å²) >= 11 is 0. The normalized spacial score (nSPS) is 18.9. The van der Waals surface area contributed by atoms with Crippen LogP contribution in [-0.4, -0.2) is 93.1 Å². The van der Waals surface area contributed by atoms with E-state index in [-0.39, 0.29) is 35.9 Å². The number of aliphatic imine (C=N–C) groups is 1. The topological polar surface area (TPSA) is 85.3 Å². The van der Waals surface area contributed by atoms with Crippen molar-refractivity contribution >= 4 is 45.7 Å². The summed E-state index contributed by atoms with van der Waals surface area (Å²) in [6.45, 7) is 10.4. The molecule has 2 aliphatic heterocycles. The van der Waals surface area contributed by atoms with Crippen molar-refractivity contribution in [2.24, 2.45) is 4.99 Å². The number of halogens is 1. The van der Waals surface area contributed by atoms with Crippen LogP contribution in [0.3, 0.4) is 0 Å². The molecular formula is C22H36IN5O3S. The lowest BCUT2D eigenvalue weighted by atomic mass is 10.2. The minimum absolute atomic E-state index is 0. The quantitative estimate of drug-likeness (QED) is 0.316. The fourth-order valence-corrected chi connectivity index (χ4v) is 4.74. The van der Waals surface area contributed by atoms with Gasteiger partial charge in [0, 0.05) is 52.1 Å². The summed E-state index contributed by atoms with van der Waals surface area (Å²) in [5, 5.41) is 3.36. The zero-order valence-electron chi connectivity index (χ0n) is 19.3. The third-order valence-electron chi connectivity index (χ3n) is 6.03. The van der Waals surface area contributed by atoms with Crippen molar-refractivity contribution in [3.63, 3.8) is 0 Å². The molecule has 1 aromatic carbocycles. The van der Waals surface area contributed by atoms with Gasteiger partial charge in [0.1, 0.15) is 0 Å². The maximum Gasteiger partial charge on any atom is 0.239 e. The number of piperazine rings is 1. The Morgan fingerprint density at radius 2 is 1.62 bits per heavy atom. The van der Waals surface area contributed by atoms with Gasteiger partial charge in [-0.15, -0.1) is 24.0 Å². The van der Waals surface area contributed by atoms with Gasteiger partial charge >= 0.3 is 0 Å². The van der Waals surface area contributed by atoms with Gasteiger partial charge < -0.3 is 15.1 Å². The molecule has 10 heteroatoms. The summed E-state index contributed by atoms with van der Waals surface area (Å²) in [5.41, 5.74) is 0.964. The van der Waals surface area contributed by atoms with Crippen LogP contribution in [0.25, 0.3) is 0 Å². The first-order chi connectivity index (χ1) is 14.8. The first kappa shape index (κ1) is 26.8. The van der Waals surface area contributed by atoms with E-state index in [0.717, 1.165) is 70.2 Å². The molecule has 8 nitrogen and oxygen atoms in total. The highest BCUT2D eigenvalue weighted by atomic mass is 127. The van der Waals surface area contributed by atoms with Crippen LogP contribution in [0.15, 0.2) is 34.2 Å². The van der Waals surface area contributed by atoms with Crippen LogP contribution in [0, 0.1) is 0 Å². The molecule has 0 radical (unpaired) electrons. The minimum atomic E-state index is -3.19. The zero-order valence-corrected chi connectivity index (χ0v) is 22.4. The van der Waals surface area contributed by atoms with Gasteiger partial charge in [-0.05, 0) is 44.4 Å². The molecule has 2 heterocycles. The average molecular weight is 578 g/mol. The molecule has 0 bridgehead atoms. The number of sulfone groups is 1. The minimum Gasteiger partial charge on any atom is -0.357 e. The van der Waals surface area contributed by atoms with Gasteiger partial charge in [-0.3, -0.25) is 9.69 Å². The van der Waals surface area contributed by atoms with Crippen molar-refractivity contribution < 1.29 is 13.2 Å². The molecule has 1 aromatic rings. The Balaban J connectivity index is 0.00000363. The predicted molar refractivity (Wildman–Crippen MR) is 138 cm³/mol. The molecule has 1 N–H and O–H groups in total. The summed E-state index contributed by atoms with van der Waals surface area (Å²) in [6, 6.07) is 6.81. The Kier molecular flexibility index (Phi) is 10.2. The molecule has 1 unspecified atom stereocenters. The molecule has 0 aliphatic carbocycles. The van der Waals surface area contributed by atoms with E-state index in [1.54, 1.807) is 12.1 Å². The number of amides is 1. The summed E-state index contributed by atoms with van der Waals surface area (Å²) in [6.07, 6.45) is 3.44. The van der Waals surface area contributed by atoms with Crippen LogP contribution in [0.2, 0.25) is 0 Å². The first-order valence-electron chi connectivity index (χ1n) is 11.1. The second kappa shape index (κ2) is 12.2. The third-order valence-corrected chi connectivity index (χ3v) is 7.16. The molecule has 0 spiro atoms. The number of carbonyl (C=O) groups excluding carboxylic acids is 1. The van der Waals surface area contributed by atoms with E-state index < -0.39 is 9.84 Å². The van der Waals surface area contributed by atoms with Gasteiger partial charge in [0.05, 0.1) is 17.5 Å². The molecule has 3 rings (SSSR count). The van der Waals surface area contributed by atoms with Crippen LogP contribution < -0.4 is 5.32 Å². The van der Waals surface area contributed by atoms with Crippen LogP contribution in [-0.2, 0) is 21.2 Å². The Bertz CT molecular complexity index is 877. The Morgan fingerprint density at radius 1 is 1.03 bits per heavy atom. The molecule has 2 saturated heterocycles. The van der Waals surface area contributed by atoms with E-state index in [4.69, 9.17) is 4.99 Å². The summed E-state index contributed by atoms with van der Waals surface area (Å²) in [7, 11) is -3.19. The van der Waals surface area contributed by atoms with E-state index in [1.165, 1.54) is 6.26 Å². The van der Waals surface area contributed by atoms with Crippen molar-refractivity contribution in [3.05, 3.63) is 29.8 Å². The van der Waals surface area contributed by atoms with Crippen LogP contribution in [0.5, 0.6) is 0 Å². The molecule has 2 fully saturated rings. The fourth-order valence-electron chi connectivity index (χ4n) is 4.11. The highest BCUT2D eigenvalue weighted by Crippen LogP contribution is 2.15. The molecule has 0 aromatic heterocycles. The molecule has 2 aliphatic rings. The number of carbonyl (C=O) groups is 1. The number of rotatable bonds is 6. The van der Waals surface area contributed by atoms with E-state index in [2.05, 4.69) is 15.1 Å². The zero-order chi connectivity index (χ0) is 22.4. The van der Waals surface area contributed by atoms with Crippen molar-refractivity contribution in [2.75, 3.05) is 52.1 Å². The van der Waals surface area contributed by atoms with Gasteiger partial charge in [-0.25, -0.2) is 13.4 Å². The average Bonchev–Trinajstić information content (AvgIpc) is 3.30. The van der Waals surface area contributed by atoms with E-state index in [9.17, 15) is 13.2 Å². The monoisotopic (exact) mass is 577 g/mol. The highest BCUT2D eigenvalue weighted by Gasteiger charge is 2.30. The number of nitrogens with one attached hydrogen (secondary N) is 1. The van der Waals surface area contributed by atoms with Gasteiger partial charge in [-0.1, -0.05) is 12.1 Å². The van der Waals surface area contributed by atoms with Crippen molar-refractivity contribution in [3.8, 4) is 0 Å². The van der Waals surface area contributed by atoms with Crippen LogP contribution >= 0.6 is 24.0 Å². The smallest absolute Gasteiger partial charge is 0.239 e. The highest BCUT2D eigenvalue weighted by molar-refractivity contribution is 14.0. The standard InChI is InChI=1S/C22H35N5O3S.HI/c1-4-23-22(24-17-19-7-9-20(10-8-19)31(3,29)30)27-15-13-25(14-16-27)18(2)21(28)26-11-5-6-12-26;/h7-10,18H,4-6,11-17H2,1-3H3,(H,23,24);1H. The fraction of sp³-hybridized carbons (Fsp3) is 0.636. The maximum atomic E-state index is 12.7. The third kappa shape index (κ3) is 7.05. The lowest BCUT2D eigenvalue weighted by molar-refractivity contribution is -0.135. The number of likely N-dealkylation sites (tertiary alicyclic amines) is 1. The second-order valence-corrected chi connectivity index (χ2v) is 10.3. The van der Waals surface area contributed by atoms with Crippen molar-refractivity contribution in [1.82, 2.24) is 20.0 Å². The Morgan fingerprint density at radius 3 is 2.16 bits per heavy atom. The van der Waals surface area contributed by atoms with E-state index >= 15 is 0 Å². The number of hydrogen-bond acceptors (Lipinski definition) is 5. The summed E-state index contributed by atoms with van der Waals surface area (Å²) < 4.78 is 23.2. The number of benzene rings is 1. The summed E-state index contributed by atoms with van der Waals surface area (Å²) in [4.78, 5) is 24.3. The summed E-state index contributed by atoms with van der Waals surface area (Å²) in [5.74, 6) is 1.11. The molecule has 1 atom stereocenters. The lowest BCUT2D eigenvalue weighted by Crippen LogP contribution is -2.57. The largest absolute Gasteiger partial charge is 0.357 e. The van der Waals surface area contributed by atoms with Gasteiger partial charge in [0.15, 0.2) is 15.8 Å². The Labute approximate surface area is 209 Å². The maximum absolute atomic E-state index is 12.7. The van der Waals surface area contributed by atoms with Gasteiger partial charge in [0.25, 0.3) is 0 Å². The molecule has 180 valence electrons. The van der Waals surface area contributed by atoms with E-state index in [1.807, 2.05) is 30.9 Å². The van der Waals surface area contributed by atoms with Gasteiger partial charge in [0.2, 0.25) is 5.91 Å². The van der Waals surface area contributed by atoms with Crippen molar-refractivity contribution in [2.45, 2.75) is 44.2 Å². The molecule has 32 heavy (non-hydrogen) atoms. The molecule has 1 amide bonds. The number of hydrogen-bond donors (Lipinski definition) is 1. The Hall–Kier alpha value is -1.40. The van der Waals surface area contributed by atoms with E-state index in [0.29, 0.717) is 11.4 Å². The lowest BCUT2D eigenvalue weighted by Gasteiger charge is -2.39. The molecular weight excluding hydrogens is 541 g/mol. The first-order valence-corrected chi connectivity index (χ1v) is 13.0. The molecule has 0 saturated carbocycles.